The summed E-state index contributed by atoms with van der Waals surface area (Å²) in [6, 6.07) is 18.5. The van der Waals surface area contributed by atoms with Gasteiger partial charge in [0.15, 0.2) is 0 Å². The number of rotatable bonds is 3. The van der Waals surface area contributed by atoms with Crippen LogP contribution in [-0.4, -0.2) is 0 Å². The third-order valence-electron chi connectivity index (χ3n) is 3.42. The number of pyridine rings is 1. The molecule has 0 radical (unpaired) electrons. The van der Waals surface area contributed by atoms with E-state index in [1.54, 1.807) is 4.73 Å². The normalized spacial score (nSPS) is 10.9. The molecule has 0 amide bonds. The Morgan fingerprint density at radius 1 is 0.850 bits per heavy atom. The van der Waals surface area contributed by atoms with Gasteiger partial charge in [0, 0.05) is 10.8 Å². The molecule has 1 heterocycles. The van der Waals surface area contributed by atoms with Crippen molar-refractivity contribution in [1.29, 1.82) is 0 Å². The van der Waals surface area contributed by atoms with Gasteiger partial charge in [-0.3, -0.25) is 0 Å². The molecule has 1 aromatic heterocycles. The molecule has 100 valence electrons. The number of nitrogens with zero attached hydrogens (tertiary/aromatic N) is 1. The van der Waals surface area contributed by atoms with Gasteiger partial charge in [-0.1, -0.05) is 44.2 Å². The fourth-order valence-electron chi connectivity index (χ4n) is 2.21. The number of hydrogen-bond donors (Lipinski definition) is 0. The first-order valence-electron chi connectivity index (χ1n) is 6.91. The monoisotopic (exact) mass is 264 g/mol. The Labute approximate surface area is 119 Å². The molecule has 0 saturated heterocycles. The lowest BCUT2D eigenvalue weighted by Gasteiger charge is -2.05. The number of aromatic nitrogens is 1. The standard InChI is InChI=1S/C18H18NO/c1-14(2)15-7-9-18(10-8-15)20-19-12-11-16-5-3-4-6-17(16)13-19/h3-14H,1-2H3/q+1. The molecular formula is C18H18NO+. The van der Waals surface area contributed by atoms with E-state index in [4.69, 9.17) is 4.84 Å². The summed E-state index contributed by atoms with van der Waals surface area (Å²) < 4.78 is 1.74. The molecule has 3 aromatic rings. The molecule has 2 heteroatoms. The Kier molecular flexibility index (Phi) is 3.38. The van der Waals surface area contributed by atoms with E-state index in [0.29, 0.717) is 5.92 Å². The molecule has 0 N–H and O–H groups in total. The van der Waals surface area contributed by atoms with Gasteiger partial charge in [0.05, 0.1) is 5.39 Å². The molecule has 0 atom stereocenters. The summed E-state index contributed by atoms with van der Waals surface area (Å²) >= 11 is 0. The smallest absolute Gasteiger partial charge is 0.230 e. The van der Waals surface area contributed by atoms with E-state index in [1.807, 2.05) is 36.7 Å². The van der Waals surface area contributed by atoms with Gasteiger partial charge < -0.3 is 0 Å². The van der Waals surface area contributed by atoms with Crippen molar-refractivity contribution in [2.45, 2.75) is 19.8 Å². The lowest BCUT2D eigenvalue weighted by Crippen LogP contribution is -2.38. The molecule has 0 saturated carbocycles. The average molecular weight is 264 g/mol. The highest BCUT2D eigenvalue weighted by atomic mass is 16.7. The van der Waals surface area contributed by atoms with Crippen LogP contribution in [0.5, 0.6) is 5.75 Å². The van der Waals surface area contributed by atoms with Crippen LogP contribution in [0.1, 0.15) is 25.3 Å². The summed E-state index contributed by atoms with van der Waals surface area (Å²) in [4.78, 5) is 5.84. The van der Waals surface area contributed by atoms with Crippen molar-refractivity contribution in [3.63, 3.8) is 0 Å². The number of fused-ring (bicyclic) bond motifs is 1. The van der Waals surface area contributed by atoms with Crippen LogP contribution in [0.3, 0.4) is 0 Å². The molecule has 0 aliphatic heterocycles. The second-order valence-electron chi connectivity index (χ2n) is 5.25. The highest BCUT2D eigenvalue weighted by Gasteiger charge is 2.07. The topological polar surface area (TPSA) is 13.1 Å². The molecule has 0 unspecified atom stereocenters. The molecule has 0 spiro atoms. The molecule has 0 bridgehead atoms. The van der Waals surface area contributed by atoms with Crippen LogP contribution in [-0.2, 0) is 0 Å². The minimum Gasteiger partial charge on any atom is -0.232 e. The predicted octanol–water partition coefficient (Wildman–Crippen LogP) is 4.09. The van der Waals surface area contributed by atoms with Gasteiger partial charge in [-0.25, -0.2) is 4.84 Å². The van der Waals surface area contributed by atoms with Crippen LogP contribution in [0, 0.1) is 0 Å². The lowest BCUT2D eigenvalue weighted by atomic mass is 10.0. The number of benzene rings is 2. The van der Waals surface area contributed by atoms with Gasteiger partial charge in [0.2, 0.25) is 18.1 Å². The zero-order chi connectivity index (χ0) is 13.9. The van der Waals surface area contributed by atoms with E-state index < -0.39 is 0 Å². The molecular weight excluding hydrogens is 246 g/mol. The van der Waals surface area contributed by atoms with E-state index in [0.717, 1.165) is 11.1 Å². The maximum absolute atomic E-state index is 5.84. The predicted molar refractivity (Wildman–Crippen MR) is 80.7 cm³/mol. The minimum absolute atomic E-state index is 0.539. The molecule has 0 aliphatic carbocycles. The van der Waals surface area contributed by atoms with Gasteiger partial charge >= 0.3 is 0 Å². The quantitative estimate of drug-likeness (QED) is 0.649. The average Bonchev–Trinajstić information content (AvgIpc) is 2.48. The fraction of sp³-hybridized carbons (Fsp3) is 0.167. The van der Waals surface area contributed by atoms with Gasteiger partial charge in [-0.2, -0.15) is 0 Å². The third kappa shape index (κ3) is 2.64. The van der Waals surface area contributed by atoms with Gasteiger partial charge in [0.1, 0.15) is 0 Å². The van der Waals surface area contributed by atoms with Crippen molar-refractivity contribution < 1.29 is 9.57 Å². The van der Waals surface area contributed by atoms with Crippen LogP contribution in [0.25, 0.3) is 10.8 Å². The maximum atomic E-state index is 5.84. The highest BCUT2D eigenvalue weighted by Crippen LogP contribution is 2.18. The summed E-state index contributed by atoms with van der Waals surface area (Å²) in [5.41, 5.74) is 1.32. The Hall–Kier alpha value is -2.35. The van der Waals surface area contributed by atoms with Crippen LogP contribution in [0.15, 0.2) is 67.0 Å². The van der Waals surface area contributed by atoms with Gasteiger partial charge in [-0.15, -0.1) is 0 Å². The van der Waals surface area contributed by atoms with E-state index in [1.165, 1.54) is 10.9 Å². The first-order chi connectivity index (χ1) is 9.72. The Morgan fingerprint density at radius 2 is 1.55 bits per heavy atom. The SMILES string of the molecule is CC(C)c1ccc(O[n+]2ccc3ccccc3c2)cc1. The van der Waals surface area contributed by atoms with Crippen LogP contribution in [0.4, 0.5) is 0 Å². The van der Waals surface area contributed by atoms with Crippen LogP contribution < -0.4 is 9.57 Å². The largest absolute Gasteiger partial charge is 0.232 e. The van der Waals surface area contributed by atoms with Crippen molar-refractivity contribution >= 4 is 10.8 Å². The first-order valence-corrected chi connectivity index (χ1v) is 6.91. The first kappa shape index (κ1) is 12.7. The molecule has 20 heavy (non-hydrogen) atoms. The molecule has 3 rings (SSSR count). The van der Waals surface area contributed by atoms with E-state index in [9.17, 15) is 0 Å². The maximum Gasteiger partial charge on any atom is 0.230 e. The summed E-state index contributed by atoms with van der Waals surface area (Å²) in [5, 5.41) is 2.37. The van der Waals surface area contributed by atoms with Gasteiger partial charge in [0.25, 0.3) is 0 Å². The third-order valence-corrected chi connectivity index (χ3v) is 3.42. The van der Waals surface area contributed by atoms with Gasteiger partial charge in [-0.05, 0) is 35.1 Å². The summed E-state index contributed by atoms with van der Waals surface area (Å²) in [5.74, 6) is 1.38. The number of hydrogen-bond acceptors (Lipinski definition) is 1. The Bertz CT molecular complexity index is 717. The van der Waals surface area contributed by atoms with E-state index >= 15 is 0 Å². The second kappa shape index (κ2) is 5.33. The van der Waals surface area contributed by atoms with E-state index in [-0.39, 0.29) is 0 Å². The Morgan fingerprint density at radius 3 is 2.25 bits per heavy atom. The van der Waals surface area contributed by atoms with Crippen molar-refractivity contribution in [1.82, 2.24) is 0 Å². The van der Waals surface area contributed by atoms with Crippen molar-refractivity contribution in [2.75, 3.05) is 0 Å². The van der Waals surface area contributed by atoms with Crippen molar-refractivity contribution in [3.8, 4) is 5.75 Å². The molecule has 2 nitrogen and oxygen atoms in total. The van der Waals surface area contributed by atoms with Crippen molar-refractivity contribution in [3.05, 3.63) is 72.6 Å². The fourth-order valence-corrected chi connectivity index (χ4v) is 2.21. The minimum atomic E-state index is 0.539. The zero-order valence-electron chi connectivity index (χ0n) is 11.8. The summed E-state index contributed by atoms with van der Waals surface area (Å²) in [6.45, 7) is 4.38. The second-order valence-corrected chi connectivity index (χ2v) is 5.25. The zero-order valence-corrected chi connectivity index (χ0v) is 11.8. The van der Waals surface area contributed by atoms with E-state index in [2.05, 4.69) is 44.2 Å². The van der Waals surface area contributed by atoms with Crippen molar-refractivity contribution in [2.24, 2.45) is 0 Å². The lowest BCUT2D eigenvalue weighted by molar-refractivity contribution is -0.874. The van der Waals surface area contributed by atoms with Crippen LogP contribution in [0.2, 0.25) is 0 Å². The Balaban J connectivity index is 1.85. The highest BCUT2D eigenvalue weighted by molar-refractivity contribution is 5.80. The molecule has 2 aromatic carbocycles. The molecule has 0 fully saturated rings. The summed E-state index contributed by atoms with van der Waals surface area (Å²) in [7, 11) is 0. The van der Waals surface area contributed by atoms with Crippen LogP contribution >= 0.6 is 0 Å². The summed E-state index contributed by atoms with van der Waals surface area (Å²) in [6.07, 6.45) is 3.92. The molecule has 0 aliphatic rings.